The molecule has 144 valence electrons. The molecule has 0 aliphatic carbocycles. The van der Waals surface area contributed by atoms with Gasteiger partial charge in [0.25, 0.3) is 5.91 Å². The summed E-state index contributed by atoms with van der Waals surface area (Å²) in [5, 5.41) is 0. The summed E-state index contributed by atoms with van der Waals surface area (Å²) in [7, 11) is 1.92. The Morgan fingerprint density at radius 1 is 1.21 bits per heavy atom. The van der Waals surface area contributed by atoms with Crippen LogP contribution in [0.1, 0.15) is 47.2 Å². The number of hydrogen-bond donors (Lipinski definition) is 0. The molecule has 1 fully saturated rings. The third-order valence-corrected chi connectivity index (χ3v) is 5.08. The fourth-order valence-corrected chi connectivity index (χ4v) is 3.76. The van der Waals surface area contributed by atoms with Crippen molar-refractivity contribution >= 4 is 5.91 Å². The zero-order valence-corrected chi connectivity index (χ0v) is 16.0. The molecule has 1 saturated heterocycles. The lowest BCUT2D eigenvalue weighted by atomic mass is 9.97. The Bertz CT molecular complexity index is 1020. The number of nitrogens with zero attached hydrogens (tertiary/aromatic N) is 5. The van der Waals surface area contributed by atoms with E-state index in [9.17, 15) is 9.18 Å². The molecule has 7 heteroatoms. The SMILES string of the molecule is Cc1nc(-c2nccn2C)cc(C2CCCCN2C(=O)c2cccc(F)c2)n1. The van der Waals surface area contributed by atoms with E-state index in [0.29, 0.717) is 17.9 Å². The third kappa shape index (κ3) is 3.52. The van der Waals surface area contributed by atoms with Gasteiger partial charge in [-0.2, -0.15) is 0 Å². The minimum atomic E-state index is -0.408. The van der Waals surface area contributed by atoms with Gasteiger partial charge < -0.3 is 9.47 Å². The number of carbonyl (C=O) groups is 1. The van der Waals surface area contributed by atoms with Crippen LogP contribution >= 0.6 is 0 Å². The Balaban J connectivity index is 1.71. The molecule has 1 aromatic carbocycles. The zero-order chi connectivity index (χ0) is 19.7. The molecule has 1 atom stereocenters. The molecular formula is C21H22FN5O. The number of likely N-dealkylation sites (tertiary alicyclic amines) is 1. The highest BCUT2D eigenvalue weighted by molar-refractivity contribution is 5.94. The van der Waals surface area contributed by atoms with E-state index in [1.807, 2.05) is 35.7 Å². The lowest BCUT2D eigenvalue weighted by Crippen LogP contribution is -2.39. The molecule has 0 N–H and O–H groups in total. The Labute approximate surface area is 163 Å². The molecule has 0 bridgehead atoms. The van der Waals surface area contributed by atoms with E-state index < -0.39 is 5.82 Å². The monoisotopic (exact) mass is 379 g/mol. The maximum atomic E-state index is 13.6. The standard InChI is InChI=1S/C21H22FN5O/c1-14-24-17(13-18(25-14)20-23-9-11-26(20)2)19-8-3-4-10-27(19)21(28)15-6-5-7-16(22)12-15/h5-7,9,11-13,19H,3-4,8,10H2,1-2H3. The average molecular weight is 379 g/mol. The molecule has 3 heterocycles. The summed E-state index contributed by atoms with van der Waals surface area (Å²) >= 11 is 0. The predicted molar refractivity (Wildman–Crippen MR) is 103 cm³/mol. The number of piperidine rings is 1. The summed E-state index contributed by atoms with van der Waals surface area (Å²) in [6.45, 7) is 2.47. The second-order valence-corrected chi connectivity index (χ2v) is 7.11. The van der Waals surface area contributed by atoms with Gasteiger partial charge >= 0.3 is 0 Å². The van der Waals surface area contributed by atoms with E-state index in [0.717, 1.165) is 36.5 Å². The lowest BCUT2D eigenvalue weighted by Gasteiger charge is -2.35. The van der Waals surface area contributed by atoms with E-state index in [-0.39, 0.29) is 11.9 Å². The molecular weight excluding hydrogens is 357 g/mol. The first-order valence-electron chi connectivity index (χ1n) is 9.43. The van der Waals surface area contributed by atoms with Gasteiger partial charge in [-0.15, -0.1) is 0 Å². The van der Waals surface area contributed by atoms with Crippen LogP contribution in [0.25, 0.3) is 11.5 Å². The normalized spacial score (nSPS) is 17.0. The number of hydrogen-bond acceptors (Lipinski definition) is 4. The molecule has 3 aromatic rings. The van der Waals surface area contributed by atoms with Crippen molar-refractivity contribution in [3.63, 3.8) is 0 Å². The fraction of sp³-hybridized carbons (Fsp3) is 0.333. The van der Waals surface area contributed by atoms with Crippen LogP contribution < -0.4 is 0 Å². The first-order valence-corrected chi connectivity index (χ1v) is 9.43. The lowest BCUT2D eigenvalue weighted by molar-refractivity contribution is 0.0605. The Hall–Kier alpha value is -3.09. The van der Waals surface area contributed by atoms with E-state index in [4.69, 9.17) is 0 Å². The van der Waals surface area contributed by atoms with Crippen molar-refractivity contribution in [3.05, 3.63) is 65.6 Å². The summed E-state index contributed by atoms with van der Waals surface area (Å²) in [5.41, 5.74) is 1.90. The summed E-state index contributed by atoms with van der Waals surface area (Å²) in [4.78, 5) is 28.4. The molecule has 0 radical (unpaired) electrons. The molecule has 4 rings (SSSR count). The number of rotatable bonds is 3. The van der Waals surface area contributed by atoms with Crippen LogP contribution in [0.4, 0.5) is 4.39 Å². The van der Waals surface area contributed by atoms with Gasteiger partial charge in [0.1, 0.15) is 17.3 Å². The first-order chi connectivity index (χ1) is 13.5. The number of benzene rings is 1. The highest BCUT2D eigenvalue weighted by Gasteiger charge is 2.30. The number of amides is 1. The first kappa shape index (κ1) is 18.3. The van der Waals surface area contributed by atoms with Gasteiger partial charge in [-0.25, -0.2) is 19.3 Å². The van der Waals surface area contributed by atoms with E-state index >= 15 is 0 Å². The Kier molecular flexibility index (Phi) is 4.90. The molecule has 1 aliphatic rings. The largest absolute Gasteiger partial charge is 0.333 e. The second kappa shape index (κ2) is 7.50. The van der Waals surface area contributed by atoms with Crippen molar-refractivity contribution in [2.45, 2.75) is 32.2 Å². The molecule has 2 aromatic heterocycles. The summed E-state index contributed by atoms with van der Waals surface area (Å²) < 4.78 is 15.5. The average Bonchev–Trinajstić information content (AvgIpc) is 3.13. The molecule has 6 nitrogen and oxygen atoms in total. The van der Waals surface area contributed by atoms with E-state index in [1.54, 1.807) is 18.3 Å². The van der Waals surface area contributed by atoms with Crippen molar-refractivity contribution < 1.29 is 9.18 Å². The second-order valence-electron chi connectivity index (χ2n) is 7.11. The van der Waals surface area contributed by atoms with Crippen LogP contribution in [0.15, 0.2) is 42.7 Å². The van der Waals surface area contributed by atoms with Crippen LogP contribution in [-0.4, -0.2) is 36.9 Å². The maximum Gasteiger partial charge on any atom is 0.254 e. The molecule has 1 aliphatic heterocycles. The molecule has 28 heavy (non-hydrogen) atoms. The van der Waals surface area contributed by atoms with E-state index in [1.165, 1.54) is 12.1 Å². The number of imidazole rings is 1. The number of aromatic nitrogens is 4. The quantitative estimate of drug-likeness (QED) is 0.696. The van der Waals surface area contributed by atoms with Crippen molar-refractivity contribution in [1.29, 1.82) is 0 Å². The molecule has 1 unspecified atom stereocenters. The van der Waals surface area contributed by atoms with Crippen molar-refractivity contribution in [3.8, 4) is 11.5 Å². The van der Waals surface area contributed by atoms with Crippen LogP contribution in [0.2, 0.25) is 0 Å². The van der Waals surface area contributed by atoms with Gasteiger partial charge in [0.15, 0.2) is 5.82 Å². The van der Waals surface area contributed by atoms with Crippen molar-refractivity contribution in [1.82, 2.24) is 24.4 Å². The number of aryl methyl sites for hydroxylation is 2. The van der Waals surface area contributed by atoms with Crippen LogP contribution in [0, 0.1) is 12.7 Å². The Morgan fingerprint density at radius 2 is 2.07 bits per heavy atom. The predicted octanol–water partition coefficient (Wildman–Crippen LogP) is 3.69. The van der Waals surface area contributed by atoms with Gasteiger partial charge in [-0.3, -0.25) is 4.79 Å². The summed E-state index contributed by atoms with van der Waals surface area (Å²) in [6, 6.07) is 7.61. The van der Waals surface area contributed by atoms with E-state index in [2.05, 4.69) is 15.0 Å². The summed E-state index contributed by atoms with van der Waals surface area (Å²) in [5.74, 6) is 0.818. The highest BCUT2D eigenvalue weighted by atomic mass is 19.1. The smallest absolute Gasteiger partial charge is 0.254 e. The molecule has 0 spiro atoms. The summed E-state index contributed by atoms with van der Waals surface area (Å²) in [6.07, 6.45) is 6.35. The van der Waals surface area contributed by atoms with Crippen LogP contribution in [-0.2, 0) is 7.05 Å². The third-order valence-electron chi connectivity index (χ3n) is 5.08. The van der Waals surface area contributed by atoms with Gasteiger partial charge in [-0.05, 0) is 50.5 Å². The minimum absolute atomic E-state index is 0.162. The maximum absolute atomic E-state index is 13.6. The van der Waals surface area contributed by atoms with Gasteiger partial charge in [0, 0.05) is 31.5 Å². The van der Waals surface area contributed by atoms with Crippen molar-refractivity contribution in [2.24, 2.45) is 7.05 Å². The number of halogens is 1. The molecule has 0 saturated carbocycles. The van der Waals surface area contributed by atoms with Gasteiger partial charge in [0.05, 0.1) is 11.7 Å². The zero-order valence-electron chi connectivity index (χ0n) is 16.0. The van der Waals surface area contributed by atoms with Crippen LogP contribution in [0.3, 0.4) is 0 Å². The minimum Gasteiger partial charge on any atom is -0.333 e. The topological polar surface area (TPSA) is 63.9 Å². The Morgan fingerprint density at radius 3 is 2.82 bits per heavy atom. The van der Waals surface area contributed by atoms with Crippen LogP contribution in [0.5, 0.6) is 0 Å². The van der Waals surface area contributed by atoms with Gasteiger partial charge in [0.2, 0.25) is 0 Å². The van der Waals surface area contributed by atoms with Gasteiger partial charge in [-0.1, -0.05) is 6.07 Å². The highest BCUT2D eigenvalue weighted by Crippen LogP contribution is 2.32. The number of carbonyl (C=O) groups excluding carboxylic acids is 1. The van der Waals surface area contributed by atoms with Crippen molar-refractivity contribution in [2.75, 3.05) is 6.54 Å². The molecule has 1 amide bonds. The fourth-order valence-electron chi connectivity index (χ4n) is 3.76.